The molecule has 10 heteroatoms. The number of benzene rings is 4. The number of amides is 3. The summed E-state index contributed by atoms with van der Waals surface area (Å²) in [5.41, 5.74) is 17.9. The van der Waals surface area contributed by atoms with Gasteiger partial charge in [0.1, 0.15) is 0 Å². The summed E-state index contributed by atoms with van der Waals surface area (Å²) in [6.45, 7) is 1.75. The molecule has 0 spiro atoms. The quantitative estimate of drug-likeness (QED) is 0.120. The number of carbonyl (C=O) groups excluding carboxylic acids is 2. The van der Waals surface area contributed by atoms with Crippen LogP contribution < -0.4 is 27.4 Å². The third kappa shape index (κ3) is 11.2. The molecular weight excluding hydrogens is 576 g/mol. The van der Waals surface area contributed by atoms with Crippen LogP contribution in [0.2, 0.25) is 0 Å². The van der Waals surface area contributed by atoms with Gasteiger partial charge in [0.15, 0.2) is 11.9 Å². The Morgan fingerprint density at radius 1 is 0.674 bits per heavy atom. The van der Waals surface area contributed by atoms with Crippen LogP contribution in [0.3, 0.4) is 0 Å². The van der Waals surface area contributed by atoms with E-state index < -0.39 is 6.03 Å². The van der Waals surface area contributed by atoms with Gasteiger partial charge in [-0.2, -0.15) is 0 Å². The fourth-order valence-corrected chi connectivity index (χ4v) is 4.93. The van der Waals surface area contributed by atoms with Crippen LogP contribution in [0.25, 0.3) is 0 Å². The maximum atomic E-state index is 13.3. The van der Waals surface area contributed by atoms with Crippen molar-refractivity contribution in [2.45, 2.75) is 38.5 Å². The van der Waals surface area contributed by atoms with Crippen LogP contribution >= 0.6 is 0 Å². The topological polar surface area (TPSA) is 150 Å². The van der Waals surface area contributed by atoms with Crippen molar-refractivity contribution in [2.75, 3.05) is 14.1 Å². The van der Waals surface area contributed by atoms with E-state index in [0.717, 1.165) is 39.9 Å². The van der Waals surface area contributed by atoms with Gasteiger partial charge in [-0.15, -0.1) is 0 Å². The second-order valence-corrected chi connectivity index (χ2v) is 11.2. The second-order valence-electron chi connectivity index (χ2n) is 11.2. The van der Waals surface area contributed by atoms with Crippen molar-refractivity contribution in [3.05, 3.63) is 143 Å². The third-order valence-electron chi connectivity index (χ3n) is 7.10. The molecule has 0 fully saturated rings. The smallest absolute Gasteiger partial charge is 0.328 e. The molecule has 0 aliphatic rings. The van der Waals surface area contributed by atoms with Gasteiger partial charge in [-0.25, -0.2) is 14.8 Å². The normalized spacial score (nSPS) is 12.4. The Kier molecular flexibility index (Phi) is 12.4. The predicted octanol–water partition coefficient (Wildman–Crippen LogP) is 4.02. The highest BCUT2D eigenvalue weighted by atomic mass is 16.2. The predicted molar refractivity (Wildman–Crippen MR) is 184 cm³/mol. The van der Waals surface area contributed by atoms with Crippen LogP contribution in [0, 0.1) is 0 Å². The van der Waals surface area contributed by atoms with Crippen molar-refractivity contribution in [1.29, 1.82) is 0 Å². The van der Waals surface area contributed by atoms with Gasteiger partial charge < -0.3 is 21.7 Å². The molecule has 0 bridgehead atoms. The minimum atomic E-state index is -0.635. The van der Waals surface area contributed by atoms with E-state index in [4.69, 9.17) is 11.5 Å². The number of guanidine groups is 2. The molecule has 0 aliphatic heterocycles. The van der Waals surface area contributed by atoms with Gasteiger partial charge in [-0.1, -0.05) is 109 Å². The SMILES string of the molecule is CN(C)Cc1cccc(CN=C(N)NC(=O)NC(N)=NCc2cccc(CNC(=O)C(Cc3ccccc3)c3ccccc3)c2)c1. The van der Waals surface area contributed by atoms with Crippen molar-refractivity contribution >= 4 is 23.9 Å². The number of urea groups is 1. The minimum absolute atomic E-state index is 0.0312. The maximum Gasteiger partial charge on any atom is 0.328 e. The molecule has 10 nitrogen and oxygen atoms in total. The lowest BCUT2D eigenvalue weighted by Crippen LogP contribution is -2.48. The van der Waals surface area contributed by atoms with E-state index in [0.29, 0.717) is 19.5 Å². The van der Waals surface area contributed by atoms with E-state index >= 15 is 0 Å². The molecule has 4 aromatic carbocycles. The number of rotatable bonds is 12. The van der Waals surface area contributed by atoms with Crippen molar-refractivity contribution in [1.82, 2.24) is 20.9 Å². The molecule has 0 aliphatic carbocycles. The zero-order valence-corrected chi connectivity index (χ0v) is 26.3. The van der Waals surface area contributed by atoms with Crippen LogP contribution in [0.5, 0.6) is 0 Å². The van der Waals surface area contributed by atoms with Crippen molar-refractivity contribution < 1.29 is 9.59 Å². The molecule has 1 unspecified atom stereocenters. The molecule has 3 amide bonds. The molecule has 1 atom stereocenters. The lowest BCUT2D eigenvalue weighted by molar-refractivity contribution is -0.122. The minimum Gasteiger partial charge on any atom is -0.370 e. The Morgan fingerprint density at radius 2 is 1.17 bits per heavy atom. The second kappa shape index (κ2) is 17.1. The highest BCUT2D eigenvalue weighted by Crippen LogP contribution is 2.21. The number of nitrogens with zero attached hydrogens (tertiary/aromatic N) is 3. The van der Waals surface area contributed by atoms with E-state index in [1.165, 1.54) is 0 Å². The standard InChI is InChI=1S/C36H42N8O2/c1-44(2)25-30-16-10-15-29(20-30)24-41-35(38)43-36(46)42-34(37)40-23-28-14-9-13-27(19-28)22-39-33(45)32(31-17-7-4-8-18-31)21-26-11-5-3-6-12-26/h3-20,32H,21-25H2,1-2H3,(H,39,45)(H6,37,38,40,41,42,43,46). The molecule has 0 saturated heterocycles. The summed E-state index contributed by atoms with van der Waals surface area (Å²) in [4.78, 5) is 36.3. The summed E-state index contributed by atoms with van der Waals surface area (Å²) in [6.07, 6.45) is 0.605. The van der Waals surface area contributed by atoms with E-state index in [-0.39, 0.29) is 30.3 Å². The average molecular weight is 619 g/mol. The molecule has 0 saturated carbocycles. The van der Waals surface area contributed by atoms with Crippen molar-refractivity contribution in [3.63, 3.8) is 0 Å². The van der Waals surface area contributed by atoms with Crippen LogP contribution in [0.1, 0.15) is 39.3 Å². The zero-order valence-electron chi connectivity index (χ0n) is 26.3. The summed E-state index contributed by atoms with van der Waals surface area (Å²) in [5.74, 6) is -0.450. The van der Waals surface area contributed by atoms with E-state index in [2.05, 4.69) is 36.9 Å². The summed E-state index contributed by atoms with van der Waals surface area (Å²) in [7, 11) is 4.02. The Hall–Kier alpha value is -5.48. The van der Waals surface area contributed by atoms with Gasteiger partial charge in [0, 0.05) is 13.1 Å². The van der Waals surface area contributed by atoms with E-state index in [1.807, 2.05) is 117 Å². The summed E-state index contributed by atoms with van der Waals surface area (Å²) in [6, 6.07) is 34.9. The summed E-state index contributed by atoms with van der Waals surface area (Å²) < 4.78 is 0. The lowest BCUT2D eigenvalue weighted by atomic mass is 9.91. The highest BCUT2D eigenvalue weighted by Gasteiger charge is 2.21. The number of hydrogen-bond donors (Lipinski definition) is 5. The van der Waals surface area contributed by atoms with Crippen LogP contribution in [0.4, 0.5) is 4.79 Å². The van der Waals surface area contributed by atoms with Crippen molar-refractivity contribution in [3.8, 4) is 0 Å². The molecule has 0 heterocycles. The molecule has 4 rings (SSSR count). The Bertz CT molecular complexity index is 1640. The fourth-order valence-electron chi connectivity index (χ4n) is 4.93. The Labute approximate surface area is 270 Å². The van der Waals surface area contributed by atoms with Gasteiger partial charge >= 0.3 is 6.03 Å². The summed E-state index contributed by atoms with van der Waals surface area (Å²) >= 11 is 0. The molecular formula is C36H42N8O2. The zero-order chi connectivity index (χ0) is 32.7. The molecule has 46 heavy (non-hydrogen) atoms. The number of nitrogens with two attached hydrogens (primary N) is 2. The van der Waals surface area contributed by atoms with Gasteiger partial charge in [0.2, 0.25) is 5.91 Å². The average Bonchev–Trinajstić information content (AvgIpc) is 3.05. The van der Waals surface area contributed by atoms with Gasteiger partial charge in [-0.3, -0.25) is 15.4 Å². The lowest BCUT2D eigenvalue weighted by Gasteiger charge is -2.18. The number of aliphatic imine (C=N–C) groups is 2. The first-order valence-corrected chi connectivity index (χ1v) is 15.1. The fraction of sp³-hybridized carbons (Fsp3) is 0.222. The molecule has 0 radical (unpaired) electrons. The number of nitrogens with one attached hydrogen (secondary N) is 3. The first kappa shape index (κ1) is 33.4. The molecule has 0 aromatic heterocycles. The van der Waals surface area contributed by atoms with Gasteiger partial charge in [-0.05, 0) is 53.9 Å². The Morgan fingerprint density at radius 3 is 1.76 bits per heavy atom. The summed E-state index contributed by atoms with van der Waals surface area (Å²) in [5, 5.41) is 8.03. The number of carbonyl (C=O) groups is 2. The largest absolute Gasteiger partial charge is 0.370 e. The first-order chi connectivity index (χ1) is 22.2. The van der Waals surface area contributed by atoms with E-state index in [1.54, 1.807) is 0 Å². The molecule has 4 aromatic rings. The van der Waals surface area contributed by atoms with Crippen LogP contribution in [0.15, 0.2) is 119 Å². The Balaban J connectivity index is 1.27. The van der Waals surface area contributed by atoms with Gasteiger partial charge in [0.05, 0.1) is 19.0 Å². The number of hydrogen-bond acceptors (Lipinski definition) is 5. The van der Waals surface area contributed by atoms with Gasteiger partial charge in [0.25, 0.3) is 0 Å². The maximum absolute atomic E-state index is 13.3. The first-order valence-electron chi connectivity index (χ1n) is 15.1. The van der Waals surface area contributed by atoms with Crippen molar-refractivity contribution in [2.24, 2.45) is 21.5 Å². The monoisotopic (exact) mass is 618 g/mol. The molecule has 7 N–H and O–H groups in total. The van der Waals surface area contributed by atoms with Crippen LogP contribution in [-0.4, -0.2) is 42.9 Å². The van der Waals surface area contributed by atoms with E-state index in [9.17, 15) is 9.59 Å². The van der Waals surface area contributed by atoms with Crippen LogP contribution in [-0.2, 0) is 37.4 Å². The third-order valence-corrected chi connectivity index (χ3v) is 7.10. The molecule has 238 valence electrons. The highest BCUT2D eigenvalue weighted by molar-refractivity contribution is 6.03.